The Morgan fingerprint density at radius 2 is 2.05 bits per heavy atom. The maximum absolute atomic E-state index is 12.3. The van der Waals surface area contributed by atoms with Crippen molar-refractivity contribution in [2.24, 2.45) is 5.92 Å². The minimum Gasteiger partial charge on any atom is -0.341 e. The van der Waals surface area contributed by atoms with E-state index in [0.717, 1.165) is 44.8 Å². The van der Waals surface area contributed by atoms with E-state index in [9.17, 15) is 4.79 Å². The molecule has 4 heteroatoms. The second kappa shape index (κ2) is 6.84. The van der Waals surface area contributed by atoms with Gasteiger partial charge in [0.1, 0.15) is 5.82 Å². The molecule has 2 aliphatic rings. The van der Waals surface area contributed by atoms with E-state index < -0.39 is 0 Å². The Hall–Kier alpha value is -1.32. The van der Waals surface area contributed by atoms with Gasteiger partial charge in [0.2, 0.25) is 5.91 Å². The van der Waals surface area contributed by atoms with E-state index in [1.54, 1.807) is 0 Å². The van der Waals surface area contributed by atoms with Crippen LogP contribution >= 0.6 is 0 Å². The van der Waals surface area contributed by atoms with Crippen molar-refractivity contribution < 1.29 is 4.79 Å². The smallest absolute Gasteiger partial charge is 0.222 e. The van der Waals surface area contributed by atoms with E-state index in [1.807, 2.05) is 11.1 Å². The van der Waals surface area contributed by atoms with Gasteiger partial charge in [-0.15, -0.1) is 0 Å². The lowest BCUT2D eigenvalue weighted by Gasteiger charge is -2.39. The molecule has 1 amide bonds. The van der Waals surface area contributed by atoms with Crippen LogP contribution in [0.1, 0.15) is 69.3 Å². The van der Waals surface area contributed by atoms with Crippen LogP contribution in [0.2, 0.25) is 0 Å². The van der Waals surface area contributed by atoms with Gasteiger partial charge in [-0.05, 0) is 25.7 Å². The molecule has 1 aromatic rings. The van der Waals surface area contributed by atoms with Crippen molar-refractivity contribution >= 4 is 5.91 Å². The third-order valence-corrected chi connectivity index (χ3v) is 5.37. The van der Waals surface area contributed by atoms with Crippen LogP contribution in [0.4, 0.5) is 0 Å². The molecule has 0 spiro atoms. The standard InChI is InChI=1S/C18H29N3O/c1-3-10-21-14(2)11-19-18(21)16-12-20(13-16)17(22)9-8-15-6-4-5-7-15/h11,15-16H,3-10,12-13H2,1-2H3. The zero-order valence-corrected chi connectivity index (χ0v) is 14.1. The first-order chi connectivity index (χ1) is 10.7. The highest BCUT2D eigenvalue weighted by Gasteiger charge is 2.34. The zero-order chi connectivity index (χ0) is 15.5. The molecule has 1 aliphatic heterocycles. The predicted octanol–water partition coefficient (Wildman–Crippen LogP) is 3.50. The highest BCUT2D eigenvalue weighted by atomic mass is 16.2. The number of nitrogens with zero attached hydrogens (tertiary/aromatic N) is 3. The first-order valence-corrected chi connectivity index (χ1v) is 8.98. The van der Waals surface area contributed by atoms with E-state index in [0.29, 0.717) is 11.8 Å². The monoisotopic (exact) mass is 303 g/mol. The summed E-state index contributed by atoms with van der Waals surface area (Å²) in [7, 11) is 0. The molecule has 1 aliphatic carbocycles. The Morgan fingerprint density at radius 1 is 1.32 bits per heavy atom. The summed E-state index contributed by atoms with van der Waals surface area (Å²) in [5.74, 6) is 2.79. The van der Waals surface area contributed by atoms with Crippen LogP contribution in [0.5, 0.6) is 0 Å². The third-order valence-electron chi connectivity index (χ3n) is 5.37. The van der Waals surface area contributed by atoms with Crippen molar-refractivity contribution in [3.05, 3.63) is 17.7 Å². The maximum Gasteiger partial charge on any atom is 0.222 e. The number of aryl methyl sites for hydroxylation is 1. The summed E-state index contributed by atoms with van der Waals surface area (Å²) in [5, 5.41) is 0. The summed E-state index contributed by atoms with van der Waals surface area (Å²) in [4.78, 5) is 18.9. The fraction of sp³-hybridized carbons (Fsp3) is 0.778. The second-order valence-corrected chi connectivity index (χ2v) is 7.09. The van der Waals surface area contributed by atoms with Gasteiger partial charge < -0.3 is 9.47 Å². The number of carbonyl (C=O) groups is 1. The van der Waals surface area contributed by atoms with Gasteiger partial charge >= 0.3 is 0 Å². The molecule has 2 heterocycles. The van der Waals surface area contributed by atoms with Crippen LogP contribution in [-0.2, 0) is 11.3 Å². The van der Waals surface area contributed by atoms with Gasteiger partial charge in [-0.2, -0.15) is 0 Å². The van der Waals surface area contributed by atoms with Gasteiger partial charge in [0.15, 0.2) is 0 Å². The zero-order valence-electron chi connectivity index (χ0n) is 14.1. The van der Waals surface area contributed by atoms with E-state index in [1.165, 1.54) is 37.2 Å². The fourth-order valence-corrected chi connectivity index (χ4v) is 3.95. The first-order valence-electron chi connectivity index (χ1n) is 8.98. The number of carbonyl (C=O) groups excluding carboxylic acids is 1. The van der Waals surface area contributed by atoms with Gasteiger partial charge in [-0.25, -0.2) is 4.98 Å². The van der Waals surface area contributed by atoms with Crippen LogP contribution in [0.25, 0.3) is 0 Å². The molecule has 0 bridgehead atoms. The Morgan fingerprint density at radius 3 is 2.73 bits per heavy atom. The number of rotatable bonds is 6. The Labute approximate surface area is 133 Å². The molecule has 4 nitrogen and oxygen atoms in total. The van der Waals surface area contributed by atoms with Crippen molar-refractivity contribution in [3.63, 3.8) is 0 Å². The number of hydrogen-bond donors (Lipinski definition) is 0. The van der Waals surface area contributed by atoms with Crippen molar-refractivity contribution in [1.82, 2.24) is 14.5 Å². The van der Waals surface area contributed by atoms with Crippen LogP contribution in [0.3, 0.4) is 0 Å². The molecular formula is C18H29N3O. The Bertz CT molecular complexity index is 510. The number of hydrogen-bond acceptors (Lipinski definition) is 2. The van der Waals surface area contributed by atoms with E-state index in [-0.39, 0.29) is 0 Å². The highest BCUT2D eigenvalue weighted by Crippen LogP contribution is 2.31. The molecule has 1 saturated heterocycles. The summed E-state index contributed by atoms with van der Waals surface area (Å²) in [5.41, 5.74) is 1.24. The maximum atomic E-state index is 12.3. The molecule has 3 rings (SSSR count). The normalized spacial score (nSPS) is 19.6. The average molecular weight is 303 g/mol. The topological polar surface area (TPSA) is 38.1 Å². The van der Waals surface area contributed by atoms with Crippen molar-refractivity contribution in [3.8, 4) is 0 Å². The molecule has 22 heavy (non-hydrogen) atoms. The first kappa shape index (κ1) is 15.6. The van der Waals surface area contributed by atoms with E-state index >= 15 is 0 Å². The molecule has 0 N–H and O–H groups in total. The number of aromatic nitrogens is 2. The quantitative estimate of drug-likeness (QED) is 0.806. The second-order valence-electron chi connectivity index (χ2n) is 7.09. The molecule has 0 unspecified atom stereocenters. The fourth-order valence-electron chi connectivity index (χ4n) is 3.95. The third kappa shape index (κ3) is 3.21. The van der Waals surface area contributed by atoms with Gasteiger partial charge in [0, 0.05) is 37.9 Å². The molecule has 122 valence electrons. The predicted molar refractivity (Wildman–Crippen MR) is 87.8 cm³/mol. The lowest BCUT2D eigenvalue weighted by molar-refractivity contribution is -0.136. The Kier molecular flexibility index (Phi) is 4.84. The summed E-state index contributed by atoms with van der Waals surface area (Å²) in [6.45, 7) is 7.08. The lowest BCUT2D eigenvalue weighted by atomic mass is 9.96. The van der Waals surface area contributed by atoms with Crippen molar-refractivity contribution in [2.45, 2.75) is 71.3 Å². The van der Waals surface area contributed by atoms with Gasteiger partial charge in [-0.3, -0.25) is 4.79 Å². The average Bonchev–Trinajstić information content (AvgIpc) is 3.08. The van der Waals surface area contributed by atoms with Crippen molar-refractivity contribution in [1.29, 1.82) is 0 Å². The van der Waals surface area contributed by atoms with E-state index in [4.69, 9.17) is 0 Å². The summed E-state index contributed by atoms with van der Waals surface area (Å²) in [6.07, 6.45) is 10.3. The SMILES string of the molecule is CCCn1c(C)cnc1C1CN(C(=O)CCC2CCCC2)C1. The lowest BCUT2D eigenvalue weighted by Crippen LogP contribution is -2.49. The molecule has 0 radical (unpaired) electrons. The van der Waals surface area contributed by atoms with Crippen LogP contribution in [0.15, 0.2) is 6.20 Å². The minimum atomic E-state index is 0.355. The number of likely N-dealkylation sites (tertiary alicyclic amines) is 1. The minimum absolute atomic E-state index is 0.355. The number of amides is 1. The molecule has 0 aromatic carbocycles. The van der Waals surface area contributed by atoms with Crippen LogP contribution < -0.4 is 0 Å². The highest BCUT2D eigenvalue weighted by molar-refractivity contribution is 5.77. The van der Waals surface area contributed by atoms with Gasteiger partial charge in [0.05, 0.1) is 5.92 Å². The molecular weight excluding hydrogens is 274 g/mol. The Balaban J connectivity index is 1.48. The van der Waals surface area contributed by atoms with Crippen LogP contribution in [-0.4, -0.2) is 33.4 Å². The van der Waals surface area contributed by atoms with Gasteiger partial charge in [0.25, 0.3) is 0 Å². The largest absolute Gasteiger partial charge is 0.341 e. The molecule has 1 saturated carbocycles. The van der Waals surface area contributed by atoms with Crippen molar-refractivity contribution in [2.75, 3.05) is 13.1 Å². The van der Waals surface area contributed by atoms with E-state index in [2.05, 4.69) is 23.4 Å². The van der Waals surface area contributed by atoms with Gasteiger partial charge in [-0.1, -0.05) is 32.6 Å². The number of imidazole rings is 1. The molecule has 2 fully saturated rings. The summed E-state index contributed by atoms with van der Waals surface area (Å²) < 4.78 is 2.32. The summed E-state index contributed by atoms with van der Waals surface area (Å²) in [6, 6.07) is 0. The van der Waals surface area contributed by atoms with Crippen LogP contribution in [0, 0.1) is 12.8 Å². The molecule has 1 aromatic heterocycles. The summed E-state index contributed by atoms with van der Waals surface area (Å²) >= 11 is 0. The molecule has 0 atom stereocenters.